The number of benzene rings is 1. The van der Waals surface area contributed by atoms with Crippen LogP contribution >= 0.6 is 28.3 Å². The van der Waals surface area contributed by atoms with Crippen molar-refractivity contribution in [2.24, 2.45) is 0 Å². The van der Waals surface area contributed by atoms with Gasteiger partial charge in [-0.2, -0.15) is 0 Å². The van der Waals surface area contributed by atoms with Crippen LogP contribution in [0, 0.1) is 0 Å². The van der Waals surface area contributed by atoms with Gasteiger partial charge in [-0.1, -0.05) is 0 Å². The van der Waals surface area contributed by atoms with Crippen molar-refractivity contribution in [3.05, 3.63) is 22.2 Å². The molecular weight excluding hydrogens is 323 g/mol. The second-order valence-electron chi connectivity index (χ2n) is 3.62. The lowest BCUT2D eigenvalue weighted by Gasteiger charge is -2.07. The van der Waals surface area contributed by atoms with Crippen LogP contribution in [0.4, 0.5) is 0 Å². The Kier molecular flexibility index (Phi) is 5.71. The first-order valence-corrected chi connectivity index (χ1v) is 5.99. The van der Waals surface area contributed by atoms with E-state index >= 15 is 0 Å². The van der Waals surface area contributed by atoms with E-state index in [0.717, 1.165) is 15.8 Å². The van der Waals surface area contributed by atoms with Crippen LogP contribution in [-0.2, 0) is 11.3 Å². The fourth-order valence-electron chi connectivity index (χ4n) is 1.55. The Bertz CT molecular complexity index is 443. The standard InChI is InChI=1S/C11H13BrN2O3.ClH/c1-13-5-10(15)14-4-7-2-8(12)11-9(3-7)16-6-17-11;/h2-3,13H,4-6H2,1H3,(H,14,15);1H. The number of fused-ring (bicyclic) bond motifs is 1. The molecule has 0 fully saturated rings. The number of likely N-dealkylation sites (N-methyl/N-ethyl adjacent to an activating group) is 1. The zero-order chi connectivity index (χ0) is 12.3. The highest BCUT2D eigenvalue weighted by atomic mass is 79.9. The van der Waals surface area contributed by atoms with Crippen molar-refractivity contribution in [2.75, 3.05) is 20.4 Å². The van der Waals surface area contributed by atoms with Crippen LogP contribution < -0.4 is 20.1 Å². The summed E-state index contributed by atoms with van der Waals surface area (Å²) in [5.74, 6) is 1.38. The van der Waals surface area contributed by atoms with E-state index in [0.29, 0.717) is 18.8 Å². The van der Waals surface area contributed by atoms with Crippen molar-refractivity contribution in [3.8, 4) is 11.5 Å². The Labute approximate surface area is 120 Å². The van der Waals surface area contributed by atoms with Gasteiger partial charge in [-0.05, 0) is 40.7 Å². The van der Waals surface area contributed by atoms with Crippen LogP contribution in [-0.4, -0.2) is 26.3 Å². The van der Waals surface area contributed by atoms with Crippen LogP contribution in [0.5, 0.6) is 11.5 Å². The maximum absolute atomic E-state index is 11.3. The SMILES string of the molecule is CNCC(=O)NCc1cc(Br)c2c(c1)OCO2.Cl. The third-order valence-corrected chi connectivity index (χ3v) is 2.90. The molecule has 0 saturated carbocycles. The smallest absolute Gasteiger partial charge is 0.234 e. The van der Waals surface area contributed by atoms with Gasteiger partial charge in [0.25, 0.3) is 0 Å². The molecule has 0 radical (unpaired) electrons. The Morgan fingerprint density at radius 1 is 1.44 bits per heavy atom. The molecule has 0 spiro atoms. The van der Waals surface area contributed by atoms with E-state index in [1.54, 1.807) is 7.05 Å². The van der Waals surface area contributed by atoms with Crippen molar-refractivity contribution in [2.45, 2.75) is 6.54 Å². The normalized spacial score (nSPS) is 11.9. The first-order valence-electron chi connectivity index (χ1n) is 5.20. The fourth-order valence-corrected chi connectivity index (χ4v) is 2.15. The Morgan fingerprint density at radius 3 is 2.94 bits per heavy atom. The van der Waals surface area contributed by atoms with Gasteiger partial charge >= 0.3 is 0 Å². The molecule has 1 aromatic rings. The molecule has 1 aliphatic heterocycles. The number of rotatable bonds is 4. The quantitative estimate of drug-likeness (QED) is 0.873. The number of ether oxygens (including phenoxy) is 2. The van der Waals surface area contributed by atoms with Crippen LogP contribution in [0.2, 0.25) is 0 Å². The van der Waals surface area contributed by atoms with Crippen molar-refractivity contribution in [3.63, 3.8) is 0 Å². The van der Waals surface area contributed by atoms with E-state index in [1.165, 1.54) is 0 Å². The highest BCUT2D eigenvalue weighted by Crippen LogP contribution is 2.39. The molecule has 0 unspecified atom stereocenters. The molecule has 0 saturated heterocycles. The molecule has 0 aliphatic carbocycles. The molecule has 2 rings (SSSR count). The summed E-state index contributed by atoms with van der Waals surface area (Å²) < 4.78 is 11.4. The number of nitrogens with one attached hydrogen (secondary N) is 2. The number of hydrogen-bond acceptors (Lipinski definition) is 4. The van der Waals surface area contributed by atoms with Gasteiger partial charge in [-0.15, -0.1) is 12.4 Å². The summed E-state index contributed by atoms with van der Waals surface area (Å²) in [4.78, 5) is 11.3. The van der Waals surface area contributed by atoms with Gasteiger partial charge in [0.1, 0.15) is 0 Å². The third kappa shape index (κ3) is 3.51. The second-order valence-corrected chi connectivity index (χ2v) is 4.47. The molecule has 0 atom stereocenters. The summed E-state index contributed by atoms with van der Waals surface area (Å²) >= 11 is 3.41. The zero-order valence-electron chi connectivity index (χ0n) is 9.79. The molecular formula is C11H14BrClN2O3. The largest absolute Gasteiger partial charge is 0.454 e. The number of carbonyl (C=O) groups is 1. The van der Waals surface area contributed by atoms with Gasteiger partial charge in [-0.3, -0.25) is 4.79 Å². The van der Waals surface area contributed by atoms with Gasteiger partial charge in [0.2, 0.25) is 12.7 Å². The highest BCUT2D eigenvalue weighted by molar-refractivity contribution is 9.10. The molecule has 2 N–H and O–H groups in total. The lowest BCUT2D eigenvalue weighted by Crippen LogP contribution is -2.31. The number of amides is 1. The molecule has 5 nitrogen and oxygen atoms in total. The Balaban J connectivity index is 0.00000162. The molecule has 7 heteroatoms. The number of halogens is 2. The fraction of sp³-hybridized carbons (Fsp3) is 0.364. The molecule has 0 bridgehead atoms. The Hall–Kier alpha value is -0.980. The lowest BCUT2D eigenvalue weighted by molar-refractivity contribution is -0.120. The van der Waals surface area contributed by atoms with E-state index in [9.17, 15) is 4.79 Å². The van der Waals surface area contributed by atoms with Crippen LogP contribution in [0.3, 0.4) is 0 Å². The van der Waals surface area contributed by atoms with Gasteiger partial charge in [0, 0.05) is 6.54 Å². The van der Waals surface area contributed by atoms with Crippen molar-refractivity contribution >= 4 is 34.2 Å². The molecule has 18 heavy (non-hydrogen) atoms. The van der Waals surface area contributed by atoms with Crippen LogP contribution in [0.15, 0.2) is 16.6 Å². The van der Waals surface area contributed by atoms with Crippen molar-refractivity contribution in [1.29, 1.82) is 0 Å². The number of hydrogen-bond donors (Lipinski definition) is 2. The summed E-state index contributed by atoms with van der Waals surface area (Å²) in [6.45, 7) is 1.02. The lowest BCUT2D eigenvalue weighted by atomic mass is 10.2. The predicted molar refractivity (Wildman–Crippen MR) is 73.3 cm³/mol. The van der Waals surface area contributed by atoms with Crippen LogP contribution in [0.1, 0.15) is 5.56 Å². The first kappa shape index (κ1) is 15.1. The minimum absolute atomic E-state index is 0. The topological polar surface area (TPSA) is 59.6 Å². The van der Waals surface area contributed by atoms with E-state index in [2.05, 4.69) is 26.6 Å². The van der Waals surface area contributed by atoms with E-state index in [-0.39, 0.29) is 25.1 Å². The summed E-state index contributed by atoms with van der Waals surface area (Å²) in [6.07, 6.45) is 0. The summed E-state index contributed by atoms with van der Waals surface area (Å²) in [5, 5.41) is 5.59. The van der Waals surface area contributed by atoms with Gasteiger partial charge < -0.3 is 20.1 Å². The van der Waals surface area contributed by atoms with Crippen LogP contribution in [0.25, 0.3) is 0 Å². The molecule has 1 aromatic carbocycles. The average molecular weight is 338 g/mol. The minimum atomic E-state index is -0.0405. The van der Waals surface area contributed by atoms with Crippen molar-refractivity contribution < 1.29 is 14.3 Å². The second kappa shape index (κ2) is 6.82. The summed E-state index contributed by atoms with van der Waals surface area (Å²) in [7, 11) is 1.73. The summed E-state index contributed by atoms with van der Waals surface area (Å²) in [6, 6.07) is 3.78. The van der Waals surface area contributed by atoms with E-state index in [4.69, 9.17) is 9.47 Å². The minimum Gasteiger partial charge on any atom is -0.454 e. The third-order valence-electron chi connectivity index (χ3n) is 2.31. The van der Waals surface area contributed by atoms with Crippen molar-refractivity contribution in [1.82, 2.24) is 10.6 Å². The number of carbonyl (C=O) groups excluding carboxylic acids is 1. The van der Waals surface area contributed by atoms with Gasteiger partial charge in [0.05, 0.1) is 11.0 Å². The zero-order valence-corrected chi connectivity index (χ0v) is 12.2. The maximum atomic E-state index is 11.3. The molecule has 1 aliphatic rings. The molecule has 1 heterocycles. The molecule has 1 amide bonds. The maximum Gasteiger partial charge on any atom is 0.234 e. The monoisotopic (exact) mass is 336 g/mol. The van der Waals surface area contributed by atoms with Gasteiger partial charge in [-0.25, -0.2) is 0 Å². The van der Waals surface area contributed by atoms with E-state index in [1.807, 2.05) is 12.1 Å². The van der Waals surface area contributed by atoms with Gasteiger partial charge in [0.15, 0.2) is 11.5 Å². The Morgan fingerprint density at radius 2 is 2.22 bits per heavy atom. The highest BCUT2D eigenvalue weighted by Gasteiger charge is 2.17. The predicted octanol–water partition coefficient (Wildman–Crippen LogP) is 1.44. The summed E-state index contributed by atoms with van der Waals surface area (Å²) in [5.41, 5.74) is 0.963. The first-order chi connectivity index (χ1) is 8.20. The average Bonchev–Trinajstić information content (AvgIpc) is 2.75. The molecule has 0 aromatic heterocycles. The van der Waals surface area contributed by atoms with E-state index < -0.39 is 0 Å². The molecule has 100 valence electrons.